The van der Waals surface area contributed by atoms with E-state index in [1.807, 2.05) is 0 Å². The van der Waals surface area contributed by atoms with Crippen LogP contribution in [0.5, 0.6) is 0 Å². The summed E-state index contributed by atoms with van der Waals surface area (Å²) in [6, 6.07) is 7.30. The minimum Gasteiger partial charge on any atom is -0.298 e. The third kappa shape index (κ3) is 2.09. The molecule has 2 aromatic rings. The Kier molecular flexibility index (Phi) is 2.97. The molecule has 0 fully saturated rings. The quantitative estimate of drug-likeness (QED) is 0.747. The van der Waals surface area contributed by atoms with Gasteiger partial charge in [0.25, 0.3) is 0 Å². The number of hydrogen-bond donors (Lipinski definition) is 0. The summed E-state index contributed by atoms with van der Waals surface area (Å²) >= 11 is 5.73. The van der Waals surface area contributed by atoms with Crippen molar-refractivity contribution in [2.45, 2.75) is 0 Å². The fourth-order valence-corrected chi connectivity index (χ4v) is 1.56. The third-order valence-corrected chi connectivity index (χ3v) is 2.34. The number of rotatable bonds is 2. The van der Waals surface area contributed by atoms with E-state index in [9.17, 15) is 9.18 Å². The summed E-state index contributed by atoms with van der Waals surface area (Å²) in [5, 5.41) is 0.396. The fourth-order valence-electron chi connectivity index (χ4n) is 1.39. The van der Waals surface area contributed by atoms with Gasteiger partial charge in [-0.2, -0.15) is 0 Å². The summed E-state index contributed by atoms with van der Waals surface area (Å²) in [4.78, 5) is 14.9. The fraction of sp³-hybridized carbons (Fsp3) is 0. The van der Waals surface area contributed by atoms with Crippen molar-refractivity contribution in [3.63, 3.8) is 0 Å². The second kappa shape index (κ2) is 4.41. The highest BCUT2D eigenvalue weighted by molar-refractivity contribution is 6.30. The van der Waals surface area contributed by atoms with Crippen LogP contribution in [-0.4, -0.2) is 11.3 Å². The van der Waals surface area contributed by atoms with Gasteiger partial charge in [0.15, 0.2) is 6.29 Å². The van der Waals surface area contributed by atoms with E-state index in [0.29, 0.717) is 28.1 Å². The van der Waals surface area contributed by atoms with Gasteiger partial charge < -0.3 is 0 Å². The molecule has 1 aromatic carbocycles. The van der Waals surface area contributed by atoms with Gasteiger partial charge in [-0.1, -0.05) is 11.6 Å². The van der Waals surface area contributed by atoms with Crippen LogP contribution in [0.2, 0.25) is 5.02 Å². The van der Waals surface area contributed by atoms with E-state index in [1.54, 1.807) is 12.1 Å². The Bertz CT molecular complexity index is 525. The van der Waals surface area contributed by atoms with E-state index < -0.39 is 0 Å². The van der Waals surface area contributed by atoms with Crippen LogP contribution in [0.4, 0.5) is 4.39 Å². The predicted octanol–water partition coefficient (Wildman–Crippen LogP) is 3.35. The number of hydrogen-bond acceptors (Lipinski definition) is 2. The summed E-state index contributed by atoms with van der Waals surface area (Å²) in [6.07, 6.45) is 2.13. The predicted molar refractivity (Wildman–Crippen MR) is 60.0 cm³/mol. The molecule has 0 unspecified atom stereocenters. The van der Waals surface area contributed by atoms with Crippen LogP contribution in [-0.2, 0) is 0 Å². The Hall–Kier alpha value is -1.74. The average Bonchev–Trinajstić information content (AvgIpc) is 2.30. The first kappa shape index (κ1) is 10.8. The molecular formula is C12H7ClFNO. The number of carbonyl (C=O) groups excluding carboxylic acids is 1. The van der Waals surface area contributed by atoms with Crippen molar-refractivity contribution in [3.05, 3.63) is 52.9 Å². The average molecular weight is 236 g/mol. The van der Waals surface area contributed by atoms with Gasteiger partial charge in [0.2, 0.25) is 0 Å². The van der Waals surface area contributed by atoms with E-state index in [0.717, 1.165) is 0 Å². The first-order valence-corrected chi connectivity index (χ1v) is 4.95. The van der Waals surface area contributed by atoms with Crippen LogP contribution in [0.15, 0.2) is 36.5 Å². The zero-order chi connectivity index (χ0) is 11.5. The monoisotopic (exact) mass is 235 g/mol. The van der Waals surface area contributed by atoms with Gasteiger partial charge in [0.1, 0.15) is 5.82 Å². The standard InChI is InChI=1S/C12H7ClFNO/c13-10-5-9(7-16)12(15-6-10)8-1-3-11(14)4-2-8/h1-7H. The van der Waals surface area contributed by atoms with Crippen molar-refractivity contribution in [1.29, 1.82) is 0 Å². The summed E-state index contributed by atoms with van der Waals surface area (Å²) in [6.45, 7) is 0. The molecule has 1 heterocycles. The Balaban J connectivity index is 2.55. The molecule has 2 nitrogen and oxygen atoms in total. The molecule has 0 aliphatic rings. The van der Waals surface area contributed by atoms with Crippen molar-refractivity contribution in [1.82, 2.24) is 4.98 Å². The Morgan fingerprint density at radius 3 is 2.56 bits per heavy atom. The molecule has 1 aromatic heterocycles. The summed E-state index contributed by atoms with van der Waals surface area (Å²) in [5.74, 6) is -0.328. The van der Waals surface area contributed by atoms with Gasteiger partial charge in [-0.3, -0.25) is 9.78 Å². The molecule has 0 amide bonds. The number of aromatic nitrogens is 1. The first-order chi connectivity index (χ1) is 7.70. The van der Waals surface area contributed by atoms with Gasteiger partial charge in [-0.05, 0) is 30.3 Å². The van der Waals surface area contributed by atoms with Gasteiger partial charge in [-0.25, -0.2) is 4.39 Å². The molecule has 0 aliphatic carbocycles. The second-order valence-electron chi connectivity index (χ2n) is 3.22. The maximum Gasteiger partial charge on any atom is 0.152 e. The van der Waals surface area contributed by atoms with Gasteiger partial charge in [0.05, 0.1) is 10.7 Å². The Labute approximate surface area is 96.7 Å². The topological polar surface area (TPSA) is 30.0 Å². The molecule has 0 saturated heterocycles. The van der Waals surface area contributed by atoms with Crippen LogP contribution >= 0.6 is 11.6 Å². The lowest BCUT2D eigenvalue weighted by Crippen LogP contribution is -1.91. The lowest BCUT2D eigenvalue weighted by Gasteiger charge is -2.04. The number of pyridine rings is 1. The third-order valence-electron chi connectivity index (χ3n) is 2.13. The van der Waals surface area contributed by atoms with Crippen molar-refractivity contribution in [2.24, 2.45) is 0 Å². The van der Waals surface area contributed by atoms with Crippen LogP contribution in [0.3, 0.4) is 0 Å². The van der Waals surface area contributed by atoms with Crippen LogP contribution in [0, 0.1) is 5.82 Å². The van der Waals surface area contributed by atoms with Gasteiger partial charge in [0, 0.05) is 17.3 Å². The maximum absolute atomic E-state index is 12.7. The lowest BCUT2D eigenvalue weighted by molar-refractivity contribution is 0.112. The number of carbonyl (C=O) groups is 1. The molecule has 0 aliphatic heterocycles. The van der Waals surface area contributed by atoms with Crippen molar-refractivity contribution in [3.8, 4) is 11.3 Å². The number of aldehydes is 1. The normalized spacial score (nSPS) is 10.1. The van der Waals surface area contributed by atoms with Gasteiger partial charge in [-0.15, -0.1) is 0 Å². The maximum atomic E-state index is 12.7. The zero-order valence-corrected chi connectivity index (χ0v) is 8.91. The molecule has 0 saturated carbocycles. The molecule has 0 N–H and O–H groups in total. The van der Waals surface area contributed by atoms with E-state index >= 15 is 0 Å². The molecule has 0 spiro atoms. The SMILES string of the molecule is O=Cc1cc(Cl)cnc1-c1ccc(F)cc1. The number of halogens is 2. The number of benzene rings is 1. The number of nitrogens with zero attached hydrogens (tertiary/aromatic N) is 1. The van der Waals surface area contributed by atoms with Crippen molar-refractivity contribution >= 4 is 17.9 Å². The molecule has 0 radical (unpaired) electrons. The minimum absolute atomic E-state index is 0.328. The lowest BCUT2D eigenvalue weighted by atomic mass is 10.1. The Morgan fingerprint density at radius 1 is 1.25 bits per heavy atom. The van der Waals surface area contributed by atoms with E-state index in [1.165, 1.54) is 24.4 Å². The molecule has 4 heteroatoms. The van der Waals surface area contributed by atoms with Gasteiger partial charge >= 0.3 is 0 Å². The van der Waals surface area contributed by atoms with Crippen LogP contribution in [0.25, 0.3) is 11.3 Å². The molecule has 2 rings (SSSR count). The van der Waals surface area contributed by atoms with Crippen molar-refractivity contribution in [2.75, 3.05) is 0 Å². The van der Waals surface area contributed by atoms with E-state index in [4.69, 9.17) is 11.6 Å². The molecule has 0 bridgehead atoms. The summed E-state index contributed by atoms with van der Waals surface area (Å²) in [5.41, 5.74) is 1.57. The molecular weight excluding hydrogens is 229 g/mol. The smallest absolute Gasteiger partial charge is 0.152 e. The highest BCUT2D eigenvalue weighted by atomic mass is 35.5. The highest BCUT2D eigenvalue weighted by Gasteiger charge is 2.06. The molecule has 16 heavy (non-hydrogen) atoms. The Morgan fingerprint density at radius 2 is 1.94 bits per heavy atom. The first-order valence-electron chi connectivity index (χ1n) is 4.57. The van der Waals surface area contributed by atoms with E-state index in [2.05, 4.69) is 4.98 Å². The largest absolute Gasteiger partial charge is 0.298 e. The van der Waals surface area contributed by atoms with E-state index in [-0.39, 0.29) is 5.82 Å². The minimum atomic E-state index is -0.328. The van der Waals surface area contributed by atoms with Crippen LogP contribution < -0.4 is 0 Å². The summed E-state index contributed by atoms with van der Waals surface area (Å²) < 4.78 is 12.7. The van der Waals surface area contributed by atoms with Crippen LogP contribution in [0.1, 0.15) is 10.4 Å². The van der Waals surface area contributed by atoms with Crippen molar-refractivity contribution < 1.29 is 9.18 Å². The highest BCUT2D eigenvalue weighted by Crippen LogP contribution is 2.22. The second-order valence-corrected chi connectivity index (χ2v) is 3.65. The summed E-state index contributed by atoms with van der Waals surface area (Å²) in [7, 11) is 0. The molecule has 80 valence electrons. The molecule has 0 atom stereocenters. The zero-order valence-electron chi connectivity index (χ0n) is 8.15.